The van der Waals surface area contributed by atoms with Crippen LogP contribution in [0, 0.1) is 6.92 Å². The average Bonchev–Trinajstić information content (AvgIpc) is 2.85. The predicted octanol–water partition coefficient (Wildman–Crippen LogP) is 4.09. The van der Waals surface area contributed by atoms with Crippen LogP contribution in [0.4, 0.5) is 0 Å². The van der Waals surface area contributed by atoms with Crippen LogP contribution >= 0.6 is 23.2 Å². The number of benzene rings is 2. The van der Waals surface area contributed by atoms with Gasteiger partial charge in [0.1, 0.15) is 17.9 Å². The molecule has 0 radical (unpaired) electrons. The molecule has 4 rings (SSSR count). The van der Waals surface area contributed by atoms with Gasteiger partial charge in [-0.05, 0) is 31.2 Å². The molecule has 10 heteroatoms. The number of amides is 1. The largest absolute Gasteiger partial charge is 0.490 e. The van der Waals surface area contributed by atoms with E-state index < -0.39 is 16.1 Å². The molecule has 2 fully saturated rings. The lowest BCUT2D eigenvalue weighted by molar-refractivity contribution is -0.841. The topological polar surface area (TPSA) is 84.5 Å². The molecule has 2 aliphatic rings. The van der Waals surface area contributed by atoms with Crippen molar-refractivity contribution < 1.29 is 21.8 Å². The number of hydrogen-bond donors (Lipinski definition) is 2. The molecule has 2 saturated heterocycles. The molecule has 0 bridgehead atoms. The standard InChI is InChI=1S/C24H29Cl2N3O4S/c1-17-22(8-7-21(25)23(17)26)33-20-11-15-29(16-12-20,19-9-13-27-14-10-19)34(31,32)28-24(30)18-5-3-2-4-6-18/h2-8,19-20,27H,9-16H2,1H3/p+1. The maximum Gasteiger partial charge on any atom is 0.396 e. The third kappa shape index (κ3) is 5.06. The Morgan fingerprint density at radius 2 is 1.68 bits per heavy atom. The Kier molecular flexibility index (Phi) is 7.74. The maximum absolute atomic E-state index is 13.7. The number of halogens is 2. The van der Waals surface area contributed by atoms with E-state index in [0.717, 1.165) is 31.5 Å². The minimum Gasteiger partial charge on any atom is -0.490 e. The highest BCUT2D eigenvalue weighted by Crippen LogP contribution is 2.36. The van der Waals surface area contributed by atoms with Crippen molar-refractivity contribution in [1.82, 2.24) is 10.0 Å². The van der Waals surface area contributed by atoms with Crippen molar-refractivity contribution in [2.24, 2.45) is 0 Å². The van der Waals surface area contributed by atoms with Gasteiger partial charge < -0.3 is 10.1 Å². The van der Waals surface area contributed by atoms with Crippen LogP contribution in [-0.2, 0) is 10.2 Å². The first-order chi connectivity index (χ1) is 16.2. The Labute approximate surface area is 211 Å². The van der Waals surface area contributed by atoms with Crippen LogP contribution in [0.2, 0.25) is 10.0 Å². The fourth-order valence-electron chi connectivity index (χ4n) is 4.98. The van der Waals surface area contributed by atoms with E-state index in [0.29, 0.717) is 47.3 Å². The van der Waals surface area contributed by atoms with E-state index >= 15 is 0 Å². The van der Waals surface area contributed by atoms with E-state index in [1.165, 1.54) is 0 Å². The van der Waals surface area contributed by atoms with E-state index in [4.69, 9.17) is 27.9 Å². The van der Waals surface area contributed by atoms with Crippen LogP contribution in [0.3, 0.4) is 0 Å². The first-order valence-corrected chi connectivity index (χ1v) is 13.7. The van der Waals surface area contributed by atoms with Gasteiger partial charge in [-0.2, -0.15) is 12.3 Å². The highest BCUT2D eigenvalue weighted by atomic mass is 35.5. The Morgan fingerprint density at radius 1 is 1.03 bits per heavy atom. The van der Waals surface area contributed by atoms with Crippen LogP contribution < -0.4 is 14.8 Å². The number of nitrogens with zero attached hydrogens (tertiary/aromatic N) is 1. The lowest BCUT2D eigenvalue weighted by Gasteiger charge is -2.47. The number of piperidine rings is 2. The second-order valence-electron chi connectivity index (χ2n) is 8.95. The molecule has 0 aliphatic carbocycles. The van der Waals surface area contributed by atoms with Crippen LogP contribution in [0.15, 0.2) is 42.5 Å². The van der Waals surface area contributed by atoms with Crippen molar-refractivity contribution in [1.29, 1.82) is 0 Å². The molecular weight excluding hydrogens is 497 g/mol. The summed E-state index contributed by atoms with van der Waals surface area (Å²) in [4.78, 5) is 12.8. The van der Waals surface area contributed by atoms with Crippen molar-refractivity contribution in [2.75, 3.05) is 26.2 Å². The molecule has 0 saturated carbocycles. The summed E-state index contributed by atoms with van der Waals surface area (Å²) in [5, 5.41) is 4.24. The number of quaternary nitrogens is 1. The smallest absolute Gasteiger partial charge is 0.396 e. The van der Waals surface area contributed by atoms with Crippen LogP contribution in [0.5, 0.6) is 5.75 Å². The van der Waals surface area contributed by atoms with Crippen LogP contribution in [-0.4, -0.2) is 56.5 Å². The second kappa shape index (κ2) is 10.4. The highest BCUT2D eigenvalue weighted by Gasteiger charge is 2.52. The van der Waals surface area contributed by atoms with E-state index in [9.17, 15) is 13.2 Å². The quantitative estimate of drug-likeness (QED) is 0.553. The molecule has 1 amide bonds. The fourth-order valence-corrected chi connectivity index (χ4v) is 7.17. The first-order valence-electron chi connectivity index (χ1n) is 11.5. The Morgan fingerprint density at radius 3 is 2.32 bits per heavy atom. The lowest BCUT2D eigenvalue weighted by Crippen LogP contribution is -2.68. The summed E-state index contributed by atoms with van der Waals surface area (Å²) in [7, 11) is -3.99. The SMILES string of the molecule is Cc1c(OC2CC[N+](C3CCNCC3)(S(=O)(=O)NC(=O)c3ccccc3)CC2)ccc(Cl)c1Cl. The number of likely N-dealkylation sites (tertiary alicyclic amines) is 1. The third-order valence-corrected chi connectivity index (χ3v) is 9.92. The van der Waals surface area contributed by atoms with E-state index in [2.05, 4.69) is 10.0 Å². The Bertz CT molecular complexity index is 1130. The maximum atomic E-state index is 13.7. The Balaban J connectivity index is 1.54. The zero-order valence-electron chi connectivity index (χ0n) is 19.1. The van der Waals surface area contributed by atoms with Gasteiger partial charge in [-0.3, -0.25) is 4.79 Å². The van der Waals surface area contributed by atoms with Crippen LogP contribution in [0.1, 0.15) is 41.6 Å². The van der Waals surface area contributed by atoms with Crippen molar-refractivity contribution in [2.45, 2.75) is 44.8 Å². The number of ether oxygens (including phenoxy) is 1. The van der Waals surface area contributed by atoms with Gasteiger partial charge in [0.15, 0.2) is 0 Å². The van der Waals surface area contributed by atoms with E-state index in [1.807, 2.05) is 6.92 Å². The van der Waals surface area contributed by atoms with Gasteiger partial charge in [-0.25, -0.2) is 4.72 Å². The second-order valence-corrected chi connectivity index (χ2v) is 11.6. The van der Waals surface area contributed by atoms with E-state index in [-0.39, 0.29) is 16.0 Å². The molecule has 2 aliphatic heterocycles. The molecular formula is C24H30Cl2N3O4S+. The molecule has 2 heterocycles. The Hall–Kier alpha value is -1.84. The van der Waals surface area contributed by atoms with Crippen molar-refractivity contribution in [3.05, 3.63) is 63.6 Å². The van der Waals surface area contributed by atoms with Gasteiger partial charge in [0.2, 0.25) is 0 Å². The molecule has 34 heavy (non-hydrogen) atoms. The number of hydrogen-bond acceptors (Lipinski definition) is 5. The molecule has 0 spiro atoms. The summed E-state index contributed by atoms with van der Waals surface area (Å²) in [5.41, 5.74) is 1.09. The summed E-state index contributed by atoms with van der Waals surface area (Å²) in [6.45, 7) is 4.11. The summed E-state index contributed by atoms with van der Waals surface area (Å²) >= 11 is 12.4. The molecule has 2 aromatic rings. The number of nitrogens with one attached hydrogen (secondary N) is 2. The van der Waals surface area contributed by atoms with Crippen molar-refractivity contribution in [3.63, 3.8) is 0 Å². The molecule has 184 valence electrons. The zero-order valence-corrected chi connectivity index (χ0v) is 21.4. The molecule has 7 nitrogen and oxygen atoms in total. The van der Waals surface area contributed by atoms with Gasteiger partial charge in [0.25, 0.3) is 5.91 Å². The van der Waals surface area contributed by atoms with Crippen LogP contribution in [0.25, 0.3) is 0 Å². The monoisotopic (exact) mass is 526 g/mol. The number of carbonyl (C=O) groups is 1. The summed E-state index contributed by atoms with van der Waals surface area (Å²) in [6.07, 6.45) is 2.41. The van der Waals surface area contributed by atoms with Gasteiger partial charge in [0.05, 0.1) is 23.1 Å². The van der Waals surface area contributed by atoms with Gasteiger partial charge in [-0.1, -0.05) is 41.4 Å². The first kappa shape index (κ1) is 25.3. The molecule has 0 aromatic heterocycles. The molecule has 0 unspecified atom stereocenters. The average molecular weight is 527 g/mol. The minimum absolute atomic E-state index is 0.0880. The fraction of sp³-hybridized carbons (Fsp3) is 0.458. The number of rotatable bonds is 6. The molecule has 2 N–H and O–H groups in total. The highest BCUT2D eigenvalue weighted by molar-refractivity contribution is 7.84. The third-order valence-electron chi connectivity index (χ3n) is 6.95. The van der Waals surface area contributed by atoms with E-state index in [1.54, 1.807) is 42.5 Å². The van der Waals surface area contributed by atoms with Crippen molar-refractivity contribution >= 4 is 39.3 Å². The summed E-state index contributed by atoms with van der Waals surface area (Å²) < 4.78 is 35.9. The minimum atomic E-state index is -3.99. The van der Waals surface area contributed by atoms with Gasteiger partial charge >= 0.3 is 10.2 Å². The predicted molar refractivity (Wildman–Crippen MR) is 134 cm³/mol. The summed E-state index contributed by atoms with van der Waals surface area (Å²) in [5.74, 6) is 0.0540. The zero-order chi connectivity index (χ0) is 24.3. The summed E-state index contributed by atoms with van der Waals surface area (Å²) in [6, 6.07) is 11.8. The normalized spacial score (nSPS) is 23.9. The molecule has 2 aromatic carbocycles. The molecule has 0 atom stereocenters. The van der Waals surface area contributed by atoms with Gasteiger partial charge in [-0.15, -0.1) is 0 Å². The lowest BCUT2D eigenvalue weighted by atomic mass is 9.99. The van der Waals surface area contributed by atoms with Crippen molar-refractivity contribution in [3.8, 4) is 5.75 Å². The number of carbonyl (C=O) groups excluding carboxylic acids is 1. The van der Waals surface area contributed by atoms with Gasteiger partial charge in [0, 0.05) is 49.9 Å².